The fraction of sp³-hybridized carbons (Fsp3) is 0.318. The lowest BCUT2D eigenvalue weighted by molar-refractivity contribution is -0.140. The number of H-pyrrole nitrogens is 1. The quantitative estimate of drug-likeness (QED) is 0.588. The standard InChI is InChI=1S/C22H19ClFN5O4/c1-33-17(30)11-29-16-5-2-12(24)19(23)18(16)22(21(29)32)6-8-28(9-7-22)20(31)14-4-3-13-15(26-14)10-25-27-13/h2-5,10H,6-9,11H2,1H3,(H,25,27). The minimum absolute atomic E-state index is 0.139. The number of benzene rings is 1. The Morgan fingerprint density at radius 2 is 2.00 bits per heavy atom. The first-order valence-corrected chi connectivity index (χ1v) is 10.7. The van der Waals surface area contributed by atoms with Crippen LogP contribution in [0.3, 0.4) is 0 Å². The van der Waals surface area contributed by atoms with E-state index in [2.05, 4.69) is 15.2 Å². The van der Waals surface area contributed by atoms with Crippen molar-refractivity contribution in [1.82, 2.24) is 20.1 Å². The lowest BCUT2D eigenvalue weighted by Gasteiger charge is -2.38. The Bertz CT molecular complexity index is 1300. The molecule has 0 saturated carbocycles. The van der Waals surface area contributed by atoms with Gasteiger partial charge in [0.2, 0.25) is 5.91 Å². The van der Waals surface area contributed by atoms with Gasteiger partial charge in [-0.25, -0.2) is 9.37 Å². The summed E-state index contributed by atoms with van der Waals surface area (Å²) in [4.78, 5) is 45.8. The number of carbonyl (C=O) groups excluding carboxylic acids is 3. The predicted molar refractivity (Wildman–Crippen MR) is 116 cm³/mol. The van der Waals surface area contributed by atoms with Crippen LogP contribution in [0.5, 0.6) is 0 Å². The van der Waals surface area contributed by atoms with E-state index in [9.17, 15) is 18.8 Å². The highest BCUT2D eigenvalue weighted by molar-refractivity contribution is 6.33. The van der Waals surface area contributed by atoms with Crippen LogP contribution in [0.4, 0.5) is 10.1 Å². The molecule has 11 heteroatoms. The zero-order chi connectivity index (χ0) is 23.3. The molecular weight excluding hydrogens is 453 g/mol. The number of hydrogen-bond donors (Lipinski definition) is 1. The van der Waals surface area contributed by atoms with Crippen LogP contribution < -0.4 is 4.90 Å². The number of methoxy groups -OCH3 is 1. The second-order valence-corrected chi connectivity index (χ2v) is 8.47. The van der Waals surface area contributed by atoms with Crippen molar-refractivity contribution in [2.45, 2.75) is 18.3 Å². The number of likely N-dealkylation sites (tertiary alicyclic amines) is 1. The molecule has 1 N–H and O–H groups in total. The summed E-state index contributed by atoms with van der Waals surface area (Å²) < 4.78 is 19.1. The fourth-order valence-electron chi connectivity index (χ4n) is 4.71. The largest absolute Gasteiger partial charge is 0.468 e. The molecule has 2 aliphatic rings. The number of esters is 1. The Morgan fingerprint density at radius 3 is 2.73 bits per heavy atom. The molecular formula is C22H19ClFN5O4. The van der Waals surface area contributed by atoms with Crippen LogP contribution in [0.1, 0.15) is 28.9 Å². The van der Waals surface area contributed by atoms with Crippen molar-refractivity contribution in [2.24, 2.45) is 0 Å². The Labute approximate surface area is 192 Å². The Balaban J connectivity index is 1.44. The summed E-state index contributed by atoms with van der Waals surface area (Å²) in [5.41, 5.74) is 1.21. The molecule has 33 heavy (non-hydrogen) atoms. The van der Waals surface area contributed by atoms with E-state index >= 15 is 0 Å². The molecule has 1 saturated heterocycles. The summed E-state index contributed by atoms with van der Waals surface area (Å²) in [6.07, 6.45) is 2.01. The predicted octanol–water partition coefficient (Wildman–Crippen LogP) is 2.44. The summed E-state index contributed by atoms with van der Waals surface area (Å²) in [6.45, 7) is 0.186. The summed E-state index contributed by atoms with van der Waals surface area (Å²) in [5.74, 6) is -1.85. The molecule has 3 aromatic rings. The molecule has 0 aliphatic carbocycles. The second-order valence-electron chi connectivity index (χ2n) is 8.10. The molecule has 0 radical (unpaired) electrons. The van der Waals surface area contributed by atoms with Crippen molar-refractivity contribution in [1.29, 1.82) is 0 Å². The molecule has 2 aliphatic heterocycles. The van der Waals surface area contributed by atoms with Crippen LogP contribution in [0.25, 0.3) is 11.0 Å². The highest BCUT2D eigenvalue weighted by Gasteiger charge is 2.54. The molecule has 0 unspecified atom stereocenters. The topological polar surface area (TPSA) is 108 Å². The number of nitrogens with one attached hydrogen (secondary N) is 1. The monoisotopic (exact) mass is 471 g/mol. The Hall–Kier alpha value is -3.53. The number of nitrogens with zero attached hydrogens (tertiary/aromatic N) is 4. The Kier molecular flexibility index (Phi) is 5.04. The van der Waals surface area contributed by atoms with Gasteiger partial charge in [0.25, 0.3) is 5.91 Å². The van der Waals surface area contributed by atoms with Crippen molar-refractivity contribution in [3.63, 3.8) is 0 Å². The van der Waals surface area contributed by atoms with Gasteiger partial charge < -0.3 is 14.5 Å². The number of fused-ring (bicyclic) bond motifs is 3. The molecule has 0 bridgehead atoms. The molecule has 9 nitrogen and oxygen atoms in total. The van der Waals surface area contributed by atoms with Crippen molar-refractivity contribution in [3.05, 3.63) is 52.6 Å². The summed E-state index contributed by atoms with van der Waals surface area (Å²) >= 11 is 6.33. The number of pyridine rings is 1. The average Bonchev–Trinajstić information content (AvgIpc) is 3.38. The highest BCUT2D eigenvalue weighted by Crippen LogP contribution is 2.51. The van der Waals surface area contributed by atoms with Gasteiger partial charge in [0.05, 0.1) is 34.9 Å². The number of carbonyl (C=O) groups is 3. The zero-order valence-corrected chi connectivity index (χ0v) is 18.4. The number of aromatic nitrogens is 3. The van der Waals surface area contributed by atoms with E-state index in [1.165, 1.54) is 30.3 Å². The number of rotatable bonds is 3. The maximum Gasteiger partial charge on any atom is 0.325 e. The highest BCUT2D eigenvalue weighted by atomic mass is 35.5. The van der Waals surface area contributed by atoms with E-state index in [-0.39, 0.29) is 55.0 Å². The van der Waals surface area contributed by atoms with E-state index in [1.807, 2.05) is 0 Å². The van der Waals surface area contributed by atoms with Gasteiger partial charge in [-0.05, 0) is 37.1 Å². The first kappa shape index (κ1) is 21.3. The number of amides is 2. The van der Waals surface area contributed by atoms with Crippen LogP contribution in [0.15, 0.2) is 30.5 Å². The number of anilines is 1. The smallest absolute Gasteiger partial charge is 0.325 e. The van der Waals surface area contributed by atoms with E-state index in [0.717, 1.165) is 5.52 Å². The van der Waals surface area contributed by atoms with Crippen LogP contribution in [0.2, 0.25) is 5.02 Å². The summed E-state index contributed by atoms with van der Waals surface area (Å²) in [7, 11) is 1.23. The van der Waals surface area contributed by atoms with E-state index in [1.54, 1.807) is 17.0 Å². The van der Waals surface area contributed by atoms with Crippen LogP contribution in [-0.4, -0.2) is 64.6 Å². The lowest BCUT2D eigenvalue weighted by Crippen LogP contribution is -2.51. The van der Waals surface area contributed by atoms with Crippen molar-refractivity contribution in [3.8, 4) is 0 Å². The molecule has 5 rings (SSSR count). The third-order valence-corrected chi connectivity index (χ3v) is 6.80. The van der Waals surface area contributed by atoms with Crippen molar-refractivity contribution in [2.75, 3.05) is 31.6 Å². The minimum Gasteiger partial charge on any atom is -0.468 e. The maximum absolute atomic E-state index is 14.4. The second kappa shape index (κ2) is 7.80. The molecule has 4 heterocycles. The van der Waals surface area contributed by atoms with Gasteiger partial charge in [-0.1, -0.05) is 11.6 Å². The maximum atomic E-state index is 14.4. The third-order valence-electron chi connectivity index (χ3n) is 6.43. The molecule has 1 spiro atoms. The summed E-state index contributed by atoms with van der Waals surface area (Å²) in [6, 6.07) is 5.98. The van der Waals surface area contributed by atoms with Gasteiger partial charge in [0.15, 0.2) is 0 Å². The molecule has 0 atom stereocenters. The van der Waals surface area contributed by atoms with E-state index in [0.29, 0.717) is 16.8 Å². The minimum atomic E-state index is -1.12. The van der Waals surface area contributed by atoms with Gasteiger partial charge in [-0.15, -0.1) is 0 Å². The van der Waals surface area contributed by atoms with Crippen LogP contribution in [0, 0.1) is 5.82 Å². The van der Waals surface area contributed by atoms with Gasteiger partial charge in [-0.3, -0.25) is 19.5 Å². The average molecular weight is 472 g/mol. The van der Waals surface area contributed by atoms with Gasteiger partial charge in [0.1, 0.15) is 23.6 Å². The van der Waals surface area contributed by atoms with E-state index < -0.39 is 17.2 Å². The first-order chi connectivity index (χ1) is 15.9. The molecule has 1 fully saturated rings. The van der Waals surface area contributed by atoms with E-state index in [4.69, 9.17) is 16.3 Å². The van der Waals surface area contributed by atoms with Crippen molar-refractivity contribution < 1.29 is 23.5 Å². The van der Waals surface area contributed by atoms with Gasteiger partial charge >= 0.3 is 5.97 Å². The normalized spacial score (nSPS) is 17.0. The number of aromatic amines is 1. The fourth-order valence-corrected chi connectivity index (χ4v) is 5.05. The SMILES string of the molecule is COC(=O)CN1C(=O)C2(CCN(C(=O)c3ccc4[nH]ncc4n3)CC2)c2c1ccc(F)c2Cl. The van der Waals surface area contributed by atoms with Gasteiger partial charge in [-0.2, -0.15) is 5.10 Å². The zero-order valence-electron chi connectivity index (χ0n) is 17.6. The lowest BCUT2D eigenvalue weighted by atomic mass is 9.73. The molecule has 170 valence electrons. The van der Waals surface area contributed by atoms with Gasteiger partial charge in [0, 0.05) is 18.7 Å². The summed E-state index contributed by atoms with van der Waals surface area (Å²) in [5, 5.41) is 6.56. The number of piperidine rings is 1. The molecule has 1 aromatic carbocycles. The van der Waals surface area contributed by atoms with Crippen LogP contribution >= 0.6 is 11.6 Å². The molecule has 2 aromatic heterocycles. The number of halogens is 2. The molecule has 2 amide bonds. The van der Waals surface area contributed by atoms with Crippen molar-refractivity contribution >= 4 is 46.1 Å². The van der Waals surface area contributed by atoms with Crippen LogP contribution in [-0.2, 0) is 19.7 Å². The first-order valence-electron chi connectivity index (χ1n) is 10.3. The third kappa shape index (κ3) is 3.24. The number of ether oxygens (including phenoxy) is 1. The number of hydrogen-bond acceptors (Lipinski definition) is 6. The Morgan fingerprint density at radius 1 is 1.24 bits per heavy atom.